The number of nitriles is 1. The first-order chi connectivity index (χ1) is 9.62. The van der Waals surface area contributed by atoms with E-state index in [0.717, 1.165) is 32.3 Å². The third-order valence-electron chi connectivity index (χ3n) is 4.13. The smallest absolute Gasteiger partial charge is 0.0827 e. The molecule has 0 aromatic heterocycles. The molecule has 1 aliphatic rings. The summed E-state index contributed by atoms with van der Waals surface area (Å²) in [5, 5.41) is 8.98. The Bertz CT molecular complexity index is 473. The van der Waals surface area contributed by atoms with Crippen molar-refractivity contribution in [3.8, 4) is 6.07 Å². The highest BCUT2D eigenvalue weighted by Crippen LogP contribution is 2.32. The SMILES string of the molecule is CC(C)(C#N)CCCCOC1CCCc2ccccc21. The van der Waals surface area contributed by atoms with Crippen LogP contribution < -0.4 is 0 Å². The topological polar surface area (TPSA) is 33.0 Å². The van der Waals surface area contributed by atoms with Crippen molar-refractivity contribution in [2.45, 2.75) is 58.5 Å². The van der Waals surface area contributed by atoms with Gasteiger partial charge in [0.2, 0.25) is 0 Å². The summed E-state index contributed by atoms with van der Waals surface area (Å²) in [6.07, 6.45) is 6.90. The van der Waals surface area contributed by atoms with Gasteiger partial charge >= 0.3 is 0 Å². The first-order valence-electron chi connectivity index (χ1n) is 7.73. The lowest BCUT2D eigenvalue weighted by Crippen LogP contribution is -2.14. The highest BCUT2D eigenvalue weighted by molar-refractivity contribution is 5.31. The zero-order chi connectivity index (χ0) is 14.4. The van der Waals surface area contributed by atoms with Gasteiger partial charge in [0, 0.05) is 6.61 Å². The normalized spacial score (nSPS) is 18.4. The van der Waals surface area contributed by atoms with Crippen molar-refractivity contribution >= 4 is 0 Å². The average molecular weight is 271 g/mol. The van der Waals surface area contributed by atoms with Gasteiger partial charge in [-0.1, -0.05) is 24.3 Å². The Kier molecular flexibility index (Phi) is 5.20. The molecule has 2 heteroatoms. The molecular weight excluding hydrogens is 246 g/mol. The fraction of sp³-hybridized carbons (Fsp3) is 0.611. The van der Waals surface area contributed by atoms with E-state index in [1.54, 1.807) is 0 Å². The maximum atomic E-state index is 8.98. The quantitative estimate of drug-likeness (QED) is 0.696. The lowest BCUT2D eigenvalue weighted by atomic mass is 9.89. The van der Waals surface area contributed by atoms with Crippen LogP contribution in [-0.2, 0) is 11.2 Å². The van der Waals surface area contributed by atoms with E-state index in [2.05, 4.69) is 30.3 Å². The predicted octanol–water partition coefficient (Wildman–Crippen LogP) is 4.80. The van der Waals surface area contributed by atoms with E-state index in [-0.39, 0.29) is 11.5 Å². The number of benzene rings is 1. The van der Waals surface area contributed by atoms with Crippen LogP contribution in [0.5, 0.6) is 0 Å². The number of aryl methyl sites for hydroxylation is 1. The molecule has 1 aromatic carbocycles. The largest absolute Gasteiger partial charge is 0.374 e. The Balaban J connectivity index is 1.75. The Morgan fingerprint density at radius 2 is 2.10 bits per heavy atom. The number of hydrogen-bond acceptors (Lipinski definition) is 2. The molecule has 2 rings (SSSR count). The van der Waals surface area contributed by atoms with Crippen LogP contribution >= 0.6 is 0 Å². The maximum Gasteiger partial charge on any atom is 0.0827 e. The van der Waals surface area contributed by atoms with Crippen LogP contribution in [0.4, 0.5) is 0 Å². The van der Waals surface area contributed by atoms with E-state index >= 15 is 0 Å². The number of ether oxygens (including phenoxy) is 1. The van der Waals surface area contributed by atoms with Crippen LogP contribution in [0.25, 0.3) is 0 Å². The van der Waals surface area contributed by atoms with Crippen molar-refractivity contribution in [2.75, 3.05) is 6.61 Å². The van der Waals surface area contributed by atoms with E-state index < -0.39 is 0 Å². The molecule has 1 unspecified atom stereocenters. The van der Waals surface area contributed by atoms with Gasteiger partial charge in [-0.05, 0) is 63.5 Å². The van der Waals surface area contributed by atoms with Crippen molar-refractivity contribution < 1.29 is 4.74 Å². The molecule has 1 aliphatic carbocycles. The van der Waals surface area contributed by atoms with Gasteiger partial charge in [0.15, 0.2) is 0 Å². The summed E-state index contributed by atoms with van der Waals surface area (Å²) in [5.74, 6) is 0. The second kappa shape index (κ2) is 6.90. The monoisotopic (exact) mass is 271 g/mol. The maximum absolute atomic E-state index is 8.98. The van der Waals surface area contributed by atoms with Gasteiger partial charge in [-0.3, -0.25) is 0 Å². The number of rotatable bonds is 6. The molecule has 0 saturated heterocycles. The molecule has 0 spiro atoms. The van der Waals surface area contributed by atoms with Gasteiger partial charge in [0.1, 0.15) is 0 Å². The Morgan fingerprint density at radius 3 is 2.90 bits per heavy atom. The number of unbranched alkanes of at least 4 members (excludes halogenated alkanes) is 1. The number of fused-ring (bicyclic) bond motifs is 1. The van der Waals surface area contributed by atoms with Crippen molar-refractivity contribution in [3.63, 3.8) is 0 Å². The fourth-order valence-electron chi connectivity index (χ4n) is 2.83. The summed E-state index contributed by atoms with van der Waals surface area (Å²) < 4.78 is 6.07. The molecule has 108 valence electrons. The Hall–Kier alpha value is -1.33. The van der Waals surface area contributed by atoms with E-state index in [4.69, 9.17) is 10.00 Å². The minimum Gasteiger partial charge on any atom is -0.374 e. The third-order valence-corrected chi connectivity index (χ3v) is 4.13. The second-order valence-electron chi connectivity index (χ2n) is 6.40. The molecule has 0 amide bonds. The third kappa shape index (κ3) is 4.08. The van der Waals surface area contributed by atoms with Gasteiger partial charge in [-0.15, -0.1) is 0 Å². The van der Waals surface area contributed by atoms with Crippen molar-refractivity contribution in [3.05, 3.63) is 35.4 Å². The van der Waals surface area contributed by atoms with Gasteiger partial charge in [-0.2, -0.15) is 5.26 Å². The minimum atomic E-state index is -0.197. The summed E-state index contributed by atoms with van der Waals surface area (Å²) in [5.41, 5.74) is 2.64. The average Bonchev–Trinajstić information content (AvgIpc) is 2.47. The molecule has 2 nitrogen and oxygen atoms in total. The first-order valence-corrected chi connectivity index (χ1v) is 7.73. The summed E-state index contributed by atoms with van der Waals surface area (Å²) >= 11 is 0. The zero-order valence-electron chi connectivity index (χ0n) is 12.7. The highest BCUT2D eigenvalue weighted by Gasteiger charge is 2.20. The number of hydrogen-bond donors (Lipinski definition) is 0. The molecule has 0 N–H and O–H groups in total. The lowest BCUT2D eigenvalue weighted by Gasteiger charge is -2.25. The van der Waals surface area contributed by atoms with Crippen LogP contribution in [0.3, 0.4) is 0 Å². The predicted molar refractivity (Wildman–Crippen MR) is 81.3 cm³/mol. The van der Waals surface area contributed by atoms with Crippen LogP contribution in [0.15, 0.2) is 24.3 Å². The lowest BCUT2D eigenvalue weighted by molar-refractivity contribution is 0.0376. The first kappa shape index (κ1) is 15.1. The summed E-state index contributed by atoms with van der Waals surface area (Å²) in [6, 6.07) is 11.0. The van der Waals surface area contributed by atoms with Gasteiger partial charge in [0.05, 0.1) is 17.6 Å². The highest BCUT2D eigenvalue weighted by atomic mass is 16.5. The molecule has 0 heterocycles. The fourth-order valence-corrected chi connectivity index (χ4v) is 2.83. The zero-order valence-corrected chi connectivity index (χ0v) is 12.7. The molecule has 0 fully saturated rings. The molecule has 20 heavy (non-hydrogen) atoms. The van der Waals surface area contributed by atoms with Gasteiger partial charge in [0.25, 0.3) is 0 Å². The molecule has 1 aromatic rings. The Labute approximate surface area is 122 Å². The van der Waals surface area contributed by atoms with E-state index in [1.807, 2.05) is 13.8 Å². The van der Waals surface area contributed by atoms with Crippen molar-refractivity contribution in [2.24, 2.45) is 5.41 Å². The van der Waals surface area contributed by atoms with E-state index in [9.17, 15) is 0 Å². The van der Waals surface area contributed by atoms with E-state index in [0.29, 0.717) is 0 Å². The van der Waals surface area contributed by atoms with Crippen LogP contribution in [0, 0.1) is 16.7 Å². The molecule has 0 saturated carbocycles. The van der Waals surface area contributed by atoms with Gasteiger partial charge < -0.3 is 4.74 Å². The second-order valence-corrected chi connectivity index (χ2v) is 6.40. The van der Waals surface area contributed by atoms with Crippen molar-refractivity contribution in [1.29, 1.82) is 5.26 Å². The molecule has 0 radical (unpaired) electrons. The summed E-state index contributed by atoms with van der Waals surface area (Å²) in [4.78, 5) is 0. The number of nitrogens with zero attached hydrogens (tertiary/aromatic N) is 1. The van der Waals surface area contributed by atoms with Gasteiger partial charge in [-0.25, -0.2) is 0 Å². The minimum absolute atomic E-state index is 0.197. The summed E-state index contributed by atoms with van der Waals surface area (Å²) in [6.45, 7) is 4.82. The van der Waals surface area contributed by atoms with Crippen LogP contribution in [-0.4, -0.2) is 6.61 Å². The van der Waals surface area contributed by atoms with Crippen LogP contribution in [0.2, 0.25) is 0 Å². The molecule has 0 bridgehead atoms. The van der Waals surface area contributed by atoms with E-state index in [1.165, 1.54) is 24.0 Å². The standard InChI is InChI=1S/C18H25NO/c1-18(2,14-19)12-5-6-13-20-17-11-7-9-15-8-3-4-10-16(15)17/h3-4,8,10,17H,5-7,9,11-13H2,1-2H3. The van der Waals surface area contributed by atoms with Crippen LogP contribution in [0.1, 0.15) is 63.2 Å². The molecule has 1 atom stereocenters. The summed E-state index contributed by atoms with van der Waals surface area (Å²) in [7, 11) is 0. The Morgan fingerprint density at radius 1 is 1.30 bits per heavy atom. The van der Waals surface area contributed by atoms with Crippen molar-refractivity contribution in [1.82, 2.24) is 0 Å². The molecular formula is C18H25NO. The molecule has 0 aliphatic heterocycles.